The molecule has 0 unspecified atom stereocenters. The molecule has 0 radical (unpaired) electrons. The normalized spacial score (nSPS) is 4.50. The Hall–Kier alpha value is 0.926. The molecule has 0 aromatic carbocycles. The standard InChI is InChI=1S/C2H5Cl.Ga.3H/c1-2-3;;;;/h2H2,1H3;;;;. The fourth-order valence-electron chi connectivity index (χ4n) is 0. The molecular weight excluding hydrogens is 129 g/mol. The summed E-state index contributed by atoms with van der Waals surface area (Å²) < 4.78 is 0. The van der Waals surface area contributed by atoms with Crippen molar-refractivity contribution in [3.8, 4) is 0 Å². The molecule has 0 aromatic rings. The van der Waals surface area contributed by atoms with Crippen LogP contribution in [0.1, 0.15) is 6.92 Å². The van der Waals surface area contributed by atoms with Gasteiger partial charge in [0.05, 0.1) is 0 Å². The summed E-state index contributed by atoms with van der Waals surface area (Å²) in [6.45, 7) is 1.89. The van der Waals surface area contributed by atoms with Gasteiger partial charge < -0.3 is 0 Å². The Kier molecular flexibility index (Phi) is 20.1. The van der Waals surface area contributed by atoms with E-state index in [9.17, 15) is 0 Å². The second-order valence-corrected chi connectivity index (χ2v) is 0.802. The van der Waals surface area contributed by atoms with Crippen LogP contribution in [0.4, 0.5) is 0 Å². The molecule has 2 heteroatoms. The van der Waals surface area contributed by atoms with Crippen LogP contribution in [0.2, 0.25) is 0 Å². The molecule has 0 saturated heterocycles. The van der Waals surface area contributed by atoms with E-state index in [1.54, 1.807) is 0 Å². The molecule has 0 aliphatic rings. The summed E-state index contributed by atoms with van der Waals surface area (Å²) in [5, 5.41) is 0. The van der Waals surface area contributed by atoms with Crippen LogP contribution in [-0.2, 0) is 0 Å². The van der Waals surface area contributed by atoms with Crippen molar-refractivity contribution >= 4 is 31.4 Å². The third-order valence-electron chi connectivity index (χ3n) is 0. The van der Waals surface area contributed by atoms with Gasteiger partial charge in [0, 0.05) is 5.88 Å². The molecule has 4 heavy (non-hydrogen) atoms. The van der Waals surface area contributed by atoms with Gasteiger partial charge in [0.25, 0.3) is 0 Å². The first-order valence-electron chi connectivity index (χ1n) is 0.974. The van der Waals surface area contributed by atoms with Gasteiger partial charge in [0.1, 0.15) is 0 Å². The molecule has 0 nitrogen and oxygen atoms in total. The molecule has 26 valence electrons. The van der Waals surface area contributed by atoms with Gasteiger partial charge in [0.15, 0.2) is 0 Å². The minimum absolute atomic E-state index is 0. The number of halogens is 1. The van der Waals surface area contributed by atoms with Crippen molar-refractivity contribution < 1.29 is 0 Å². The molecule has 0 aromatic heterocycles. The van der Waals surface area contributed by atoms with Crippen molar-refractivity contribution in [2.75, 3.05) is 5.88 Å². The Bertz CT molecular complexity index is 6.00. The first kappa shape index (κ1) is 8.87. The second kappa shape index (κ2) is 9.06. The molecule has 0 N–H and O–H groups in total. The van der Waals surface area contributed by atoms with Crippen LogP contribution < -0.4 is 0 Å². The van der Waals surface area contributed by atoms with E-state index in [4.69, 9.17) is 11.6 Å². The van der Waals surface area contributed by atoms with Crippen LogP contribution in [0.25, 0.3) is 0 Å². The Morgan fingerprint density at radius 3 is 1.75 bits per heavy atom. The molecule has 0 saturated carbocycles. The fourth-order valence-corrected chi connectivity index (χ4v) is 0. The van der Waals surface area contributed by atoms with E-state index in [0.29, 0.717) is 0 Å². The van der Waals surface area contributed by atoms with Crippen LogP contribution in [-0.4, -0.2) is 25.7 Å². The number of hydrogen-bond donors (Lipinski definition) is 0. The van der Waals surface area contributed by atoms with Crippen LogP contribution in [0.3, 0.4) is 0 Å². The first-order valence-corrected chi connectivity index (χ1v) is 1.51. The van der Waals surface area contributed by atoms with Gasteiger partial charge in [0.2, 0.25) is 0 Å². The summed E-state index contributed by atoms with van der Waals surface area (Å²) in [4.78, 5) is 0. The van der Waals surface area contributed by atoms with Crippen molar-refractivity contribution in [2.45, 2.75) is 6.92 Å². The van der Waals surface area contributed by atoms with Gasteiger partial charge in [-0.1, -0.05) is 6.92 Å². The monoisotopic (exact) mass is 136 g/mol. The van der Waals surface area contributed by atoms with E-state index in [0.717, 1.165) is 5.88 Å². The molecule has 0 aliphatic carbocycles. The zero-order valence-electron chi connectivity index (χ0n) is 2.09. The molecule has 0 spiro atoms. The molecule has 0 amide bonds. The summed E-state index contributed by atoms with van der Waals surface area (Å²) in [5.74, 6) is 0.722. The third kappa shape index (κ3) is 12.7. The maximum atomic E-state index is 5.00. The molecule has 0 aliphatic heterocycles. The zero-order valence-corrected chi connectivity index (χ0v) is 2.84. The minimum atomic E-state index is 0. The SMILES string of the molecule is CCCl.[GaH3]. The summed E-state index contributed by atoms with van der Waals surface area (Å²) >= 11 is 5.00. The van der Waals surface area contributed by atoms with Crippen LogP contribution >= 0.6 is 11.6 Å². The van der Waals surface area contributed by atoms with Gasteiger partial charge in [-0.3, -0.25) is 0 Å². The average Bonchev–Trinajstić information content (AvgIpc) is 0.918. The van der Waals surface area contributed by atoms with E-state index in [1.807, 2.05) is 6.92 Å². The zero-order chi connectivity index (χ0) is 2.71. The van der Waals surface area contributed by atoms with Gasteiger partial charge >= 0.3 is 19.8 Å². The Morgan fingerprint density at radius 1 is 1.75 bits per heavy atom. The molecule has 0 fully saturated rings. The summed E-state index contributed by atoms with van der Waals surface area (Å²) in [6.07, 6.45) is 0. The van der Waals surface area contributed by atoms with Gasteiger partial charge in [-0.15, -0.1) is 11.6 Å². The first-order chi connectivity index (χ1) is 1.41. The predicted octanol–water partition coefficient (Wildman–Crippen LogP) is 0.0612. The number of alkyl halides is 1. The quantitative estimate of drug-likeness (QED) is 0.327. The van der Waals surface area contributed by atoms with E-state index < -0.39 is 0 Å². The molecule has 0 heterocycles. The number of hydrogen-bond acceptors (Lipinski definition) is 0. The van der Waals surface area contributed by atoms with E-state index in [-0.39, 0.29) is 19.8 Å². The van der Waals surface area contributed by atoms with Crippen molar-refractivity contribution in [1.82, 2.24) is 0 Å². The predicted molar refractivity (Wildman–Crippen MR) is 26.3 cm³/mol. The summed E-state index contributed by atoms with van der Waals surface area (Å²) in [7, 11) is 0. The summed E-state index contributed by atoms with van der Waals surface area (Å²) in [6, 6.07) is 0. The van der Waals surface area contributed by atoms with Crippen LogP contribution in [0.5, 0.6) is 0 Å². The summed E-state index contributed by atoms with van der Waals surface area (Å²) in [5.41, 5.74) is 0. The maximum absolute atomic E-state index is 5.00. The van der Waals surface area contributed by atoms with Crippen molar-refractivity contribution in [2.24, 2.45) is 0 Å². The second-order valence-electron chi connectivity index (χ2n) is 0.267. The number of rotatable bonds is 0. The molecule has 0 atom stereocenters. The average molecular weight is 137 g/mol. The van der Waals surface area contributed by atoms with E-state index in [1.165, 1.54) is 0 Å². The van der Waals surface area contributed by atoms with Crippen molar-refractivity contribution in [3.63, 3.8) is 0 Å². The Morgan fingerprint density at radius 2 is 1.75 bits per heavy atom. The van der Waals surface area contributed by atoms with E-state index >= 15 is 0 Å². The Balaban J connectivity index is 0. The van der Waals surface area contributed by atoms with Crippen LogP contribution in [0, 0.1) is 0 Å². The van der Waals surface area contributed by atoms with Gasteiger partial charge in [-0.05, 0) is 0 Å². The molecule has 0 bridgehead atoms. The Labute approximate surface area is 44.6 Å². The molecular formula is C2H8ClGa. The van der Waals surface area contributed by atoms with Crippen molar-refractivity contribution in [3.05, 3.63) is 0 Å². The van der Waals surface area contributed by atoms with Crippen LogP contribution in [0.15, 0.2) is 0 Å². The molecule has 0 rings (SSSR count). The topological polar surface area (TPSA) is 0 Å². The van der Waals surface area contributed by atoms with E-state index in [2.05, 4.69) is 0 Å². The van der Waals surface area contributed by atoms with Gasteiger partial charge in [-0.2, -0.15) is 0 Å². The van der Waals surface area contributed by atoms with Crippen molar-refractivity contribution in [1.29, 1.82) is 0 Å². The van der Waals surface area contributed by atoms with Gasteiger partial charge in [-0.25, -0.2) is 0 Å². The third-order valence-corrected chi connectivity index (χ3v) is 0. The fraction of sp³-hybridized carbons (Fsp3) is 1.00.